The second-order valence-corrected chi connectivity index (χ2v) is 7.09. The van der Waals surface area contributed by atoms with E-state index in [1.807, 2.05) is 0 Å². The number of carboxylic acid groups (broad SMARTS) is 1. The van der Waals surface area contributed by atoms with Crippen LogP contribution in [0.3, 0.4) is 0 Å². The zero-order valence-electron chi connectivity index (χ0n) is 13.5. The predicted octanol–water partition coefficient (Wildman–Crippen LogP) is 2.86. The van der Waals surface area contributed by atoms with Crippen molar-refractivity contribution in [3.63, 3.8) is 0 Å². The normalized spacial score (nSPS) is 28.7. The van der Waals surface area contributed by atoms with E-state index in [0.29, 0.717) is 12.8 Å². The Kier molecular flexibility index (Phi) is 6.20. The van der Waals surface area contributed by atoms with E-state index in [-0.39, 0.29) is 0 Å². The smallest absolute Gasteiger partial charge is 0.324 e. The van der Waals surface area contributed by atoms with E-state index in [4.69, 9.17) is 10.5 Å². The van der Waals surface area contributed by atoms with Crippen LogP contribution in [0.25, 0.3) is 0 Å². The molecule has 3 N–H and O–H groups in total. The highest BCUT2D eigenvalue weighted by Crippen LogP contribution is 2.31. The summed E-state index contributed by atoms with van der Waals surface area (Å²) in [7, 11) is 0. The van der Waals surface area contributed by atoms with Gasteiger partial charge in [-0.15, -0.1) is 0 Å². The fourth-order valence-corrected chi connectivity index (χ4v) is 2.86. The summed E-state index contributed by atoms with van der Waals surface area (Å²) in [6.45, 7) is 5.35. The van der Waals surface area contributed by atoms with Crippen molar-refractivity contribution >= 4 is 11.9 Å². The highest BCUT2D eigenvalue weighted by molar-refractivity contribution is 5.87. The first kappa shape index (κ1) is 18.0. The Labute approximate surface area is 127 Å². The number of ether oxygens (including phenoxy) is 1. The number of carbonyl (C=O) groups is 2. The zero-order valence-corrected chi connectivity index (χ0v) is 13.5. The number of carboxylic acids is 1. The molecule has 0 aromatic heterocycles. The summed E-state index contributed by atoms with van der Waals surface area (Å²) in [5, 5.41) is 9.56. The number of esters is 1. The van der Waals surface area contributed by atoms with Gasteiger partial charge in [0, 0.05) is 0 Å². The molecule has 0 heterocycles. The van der Waals surface area contributed by atoms with Gasteiger partial charge >= 0.3 is 11.9 Å². The third-order valence-electron chi connectivity index (χ3n) is 4.04. The van der Waals surface area contributed by atoms with E-state index in [1.165, 1.54) is 0 Å². The van der Waals surface area contributed by atoms with Gasteiger partial charge in [-0.05, 0) is 33.6 Å². The lowest BCUT2D eigenvalue weighted by atomic mass is 9.76. The fourth-order valence-electron chi connectivity index (χ4n) is 2.86. The van der Waals surface area contributed by atoms with Crippen LogP contribution < -0.4 is 5.73 Å². The summed E-state index contributed by atoms with van der Waals surface area (Å²) in [5.74, 6) is -2.35. The van der Waals surface area contributed by atoms with Crippen molar-refractivity contribution in [3.8, 4) is 0 Å². The van der Waals surface area contributed by atoms with Gasteiger partial charge in [0.05, 0.1) is 5.92 Å². The topological polar surface area (TPSA) is 89.6 Å². The van der Waals surface area contributed by atoms with E-state index in [0.717, 1.165) is 38.5 Å². The van der Waals surface area contributed by atoms with E-state index in [1.54, 1.807) is 20.8 Å². The Hall–Kier alpha value is -1.10. The van der Waals surface area contributed by atoms with Crippen LogP contribution in [0.4, 0.5) is 0 Å². The SMILES string of the molecule is CC(C)(C)OC(=O)C1CCCCCCCCC1(N)C(=O)O. The number of nitrogens with two attached hydrogens (primary N) is 1. The van der Waals surface area contributed by atoms with Crippen LogP contribution in [0.15, 0.2) is 0 Å². The van der Waals surface area contributed by atoms with Crippen LogP contribution in [0.1, 0.15) is 72.1 Å². The maximum atomic E-state index is 12.4. The molecule has 2 unspecified atom stereocenters. The number of rotatable bonds is 2. The summed E-state index contributed by atoms with van der Waals surface area (Å²) in [4.78, 5) is 24.1. The maximum absolute atomic E-state index is 12.4. The Morgan fingerprint density at radius 1 is 1.10 bits per heavy atom. The molecule has 5 heteroatoms. The molecule has 1 fully saturated rings. The first-order valence-corrected chi connectivity index (χ1v) is 7.92. The monoisotopic (exact) mass is 299 g/mol. The molecule has 0 aliphatic heterocycles. The van der Waals surface area contributed by atoms with Crippen molar-refractivity contribution in [2.75, 3.05) is 0 Å². The Morgan fingerprint density at radius 3 is 2.14 bits per heavy atom. The van der Waals surface area contributed by atoms with Crippen LogP contribution in [-0.4, -0.2) is 28.2 Å². The molecule has 0 saturated heterocycles. The molecule has 122 valence electrons. The molecular formula is C16H29NO4. The third-order valence-corrected chi connectivity index (χ3v) is 4.04. The molecule has 21 heavy (non-hydrogen) atoms. The largest absolute Gasteiger partial charge is 0.480 e. The second kappa shape index (κ2) is 7.25. The minimum atomic E-state index is -1.51. The molecule has 0 amide bonds. The van der Waals surface area contributed by atoms with Gasteiger partial charge in [-0.2, -0.15) is 0 Å². The van der Waals surface area contributed by atoms with Gasteiger partial charge in [-0.3, -0.25) is 9.59 Å². The predicted molar refractivity (Wildman–Crippen MR) is 80.8 cm³/mol. The summed E-state index contributed by atoms with van der Waals surface area (Å²) in [6.07, 6.45) is 6.57. The summed E-state index contributed by atoms with van der Waals surface area (Å²) >= 11 is 0. The molecule has 0 aromatic carbocycles. The van der Waals surface area contributed by atoms with Crippen molar-refractivity contribution in [2.45, 2.75) is 83.3 Å². The number of hydrogen-bond donors (Lipinski definition) is 2. The van der Waals surface area contributed by atoms with E-state index < -0.39 is 29.0 Å². The van der Waals surface area contributed by atoms with Crippen molar-refractivity contribution in [1.82, 2.24) is 0 Å². The van der Waals surface area contributed by atoms with Gasteiger partial charge in [0.25, 0.3) is 0 Å². The number of carbonyl (C=O) groups excluding carboxylic acids is 1. The second-order valence-electron chi connectivity index (χ2n) is 7.09. The molecule has 0 bridgehead atoms. The van der Waals surface area contributed by atoms with Gasteiger partial charge in [-0.1, -0.05) is 38.5 Å². The Morgan fingerprint density at radius 2 is 1.62 bits per heavy atom. The first-order valence-electron chi connectivity index (χ1n) is 7.92. The molecule has 0 spiro atoms. The molecule has 1 aliphatic carbocycles. The molecule has 1 rings (SSSR count). The Bertz CT molecular complexity index is 375. The average molecular weight is 299 g/mol. The van der Waals surface area contributed by atoms with E-state index in [9.17, 15) is 14.7 Å². The van der Waals surface area contributed by atoms with Gasteiger partial charge < -0.3 is 15.6 Å². The summed E-state index contributed by atoms with van der Waals surface area (Å²) < 4.78 is 5.41. The minimum absolute atomic E-state index is 0.326. The van der Waals surface area contributed by atoms with Crippen molar-refractivity contribution < 1.29 is 19.4 Å². The number of hydrogen-bond acceptors (Lipinski definition) is 4. The zero-order chi connectivity index (χ0) is 16.1. The van der Waals surface area contributed by atoms with Crippen LogP contribution in [0.2, 0.25) is 0 Å². The lowest BCUT2D eigenvalue weighted by molar-refractivity contribution is -0.168. The van der Waals surface area contributed by atoms with Gasteiger partial charge in [-0.25, -0.2) is 0 Å². The quantitative estimate of drug-likeness (QED) is 0.765. The van der Waals surface area contributed by atoms with Crippen molar-refractivity contribution in [1.29, 1.82) is 0 Å². The van der Waals surface area contributed by atoms with E-state index in [2.05, 4.69) is 0 Å². The molecular weight excluding hydrogens is 270 g/mol. The molecule has 5 nitrogen and oxygen atoms in total. The Balaban J connectivity index is 2.97. The molecule has 1 saturated carbocycles. The summed E-state index contributed by atoms with van der Waals surface area (Å²) in [6, 6.07) is 0. The minimum Gasteiger partial charge on any atom is -0.480 e. The van der Waals surface area contributed by atoms with E-state index >= 15 is 0 Å². The summed E-state index contributed by atoms with van der Waals surface area (Å²) in [5.41, 5.74) is 4.01. The van der Waals surface area contributed by atoms with Crippen LogP contribution in [0.5, 0.6) is 0 Å². The van der Waals surface area contributed by atoms with Crippen LogP contribution in [-0.2, 0) is 14.3 Å². The van der Waals surface area contributed by atoms with Crippen molar-refractivity contribution in [2.24, 2.45) is 11.7 Å². The van der Waals surface area contributed by atoms with Crippen molar-refractivity contribution in [3.05, 3.63) is 0 Å². The van der Waals surface area contributed by atoms with Crippen LogP contribution in [0, 0.1) is 5.92 Å². The standard InChI is InChI=1S/C16H29NO4/c1-15(2,3)21-13(18)12-10-8-6-4-5-7-9-11-16(12,17)14(19)20/h12H,4-11,17H2,1-3H3,(H,19,20). The molecule has 2 atom stereocenters. The maximum Gasteiger partial charge on any atom is 0.324 e. The highest BCUT2D eigenvalue weighted by atomic mass is 16.6. The molecule has 0 radical (unpaired) electrons. The van der Waals surface area contributed by atoms with Crippen LogP contribution >= 0.6 is 0 Å². The fraction of sp³-hybridized carbons (Fsp3) is 0.875. The molecule has 1 aliphatic rings. The lowest BCUT2D eigenvalue weighted by Gasteiger charge is -2.34. The lowest BCUT2D eigenvalue weighted by Crippen LogP contribution is -2.57. The van der Waals surface area contributed by atoms with Gasteiger partial charge in [0.1, 0.15) is 11.1 Å². The van der Waals surface area contributed by atoms with Gasteiger partial charge in [0.2, 0.25) is 0 Å². The van der Waals surface area contributed by atoms with Gasteiger partial charge in [0.15, 0.2) is 0 Å². The number of aliphatic carboxylic acids is 1. The highest BCUT2D eigenvalue weighted by Gasteiger charge is 2.47. The average Bonchev–Trinajstić information content (AvgIpc) is 2.34. The molecule has 0 aromatic rings. The third kappa shape index (κ3) is 5.30. The first-order chi connectivity index (χ1) is 9.67.